The molecule has 0 saturated heterocycles. The highest BCUT2D eigenvalue weighted by atomic mass is 32.2. The molecule has 0 heterocycles. The topological polar surface area (TPSA) is 127 Å². The zero-order valence-electron chi connectivity index (χ0n) is 20.5. The van der Waals surface area contributed by atoms with Crippen molar-refractivity contribution in [2.45, 2.75) is 84.2 Å². The van der Waals surface area contributed by atoms with Crippen molar-refractivity contribution < 1.29 is 30.0 Å². The lowest BCUT2D eigenvalue weighted by atomic mass is 9.44. The number of aliphatic hydroxyl groups is 3. The van der Waals surface area contributed by atoms with Gasteiger partial charge in [0.15, 0.2) is 0 Å². The van der Waals surface area contributed by atoms with Gasteiger partial charge in [0.05, 0.1) is 12.2 Å². The van der Waals surface area contributed by atoms with E-state index in [1.807, 2.05) is 13.0 Å². The minimum Gasteiger partial charge on any atom is -0.480 e. The predicted molar refractivity (Wildman–Crippen MR) is 131 cm³/mol. The monoisotopic (exact) mass is 483 g/mol. The second kappa shape index (κ2) is 10.5. The molecule has 2 aliphatic rings. The summed E-state index contributed by atoms with van der Waals surface area (Å²) in [5.74, 6) is -1.61. The second-order valence-corrected chi connectivity index (χ2v) is 11.9. The standard InChI is InChI=1S/C25H41NO6S/c1-7-15(2)8-9-19-24(6)12-17(28)11-23(4,5)20(24)10-21(29)25(19,32)14-33-13-18(22(30)31)26-16(3)27/h7-8,17-21,28-29,32H,1,9-14H2,2-6H3,(H,26,27)(H,30,31). The van der Waals surface area contributed by atoms with Gasteiger partial charge in [0.2, 0.25) is 5.91 Å². The van der Waals surface area contributed by atoms with Gasteiger partial charge in [0.25, 0.3) is 0 Å². The van der Waals surface area contributed by atoms with E-state index in [2.05, 4.69) is 32.7 Å². The van der Waals surface area contributed by atoms with Crippen LogP contribution in [0.15, 0.2) is 24.3 Å². The van der Waals surface area contributed by atoms with Gasteiger partial charge >= 0.3 is 5.97 Å². The Labute approximate surface area is 201 Å². The molecule has 0 spiro atoms. The number of carboxylic acid groups (broad SMARTS) is 1. The van der Waals surface area contributed by atoms with Crippen molar-refractivity contribution in [1.29, 1.82) is 0 Å². The highest BCUT2D eigenvalue weighted by Crippen LogP contribution is 2.63. The van der Waals surface area contributed by atoms with Gasteiger partial charge in [0.1, 0.15) is 11.6 Å². The van der Waals surface area contributed by atoms with Gasteiger partial charge in [-0.05, 0) is 49.4 Å². The zero-order chi connectivity index (χ0) is 25.2. The van der Waals surface area contributed by atoms with E-state index in [1.54, 1.807) is 6.08 Å². The first-order valence-corrected chi connectivity index (χ1v) is 12.8. The third-order valence-electron chi connectivity index (χ3n) is 7.90. The maximum atomic E-state index is 11.9. The molecule has 0 aliphatic heterocycles. The van der Waals surface area contributed by atoms with Gasteiger partial charge in [-0.3, -0.25) is 4.79 Å². The fraction of sp³-hybridized carbons (Fsp3) is 0.760. The number of aliphatic hydroxyl groups excluding tert-OH is 2. The van der Waals surface area contributed by atoms with Gasteiger partial charge in [-0.2, -0.15) is 11.8 Å². The zero-order valence-corrected chi connectivity index (χ0v) is 21.3. The average Bonchev–Trinajstić information content (AvgIpc) is 2.67. The number of rotatable bonds is 9. The lowest BCUT2D eigenvalue weighted by molar-refractivity contribution is -0.228. The molecule has 0 aromatic rings. The van der Waals surface area contributed by atoms with E-state index in [9.17, 15) is 30.0 Å². The third kappa shape index (κ3) is 6.02. The number of carbonyl (C=O) groups is 2. The summed E-state index contributed by atoms with van der Waals surface area (Å²) in [5, 5.41) is 45.7. The lowest BCUT2D eigenvalue weighted by Gasteiger charge is -2.63. The van der Waals surface area contributed by atoms with Crippen LogP contribution >= 0.6 is 11.8 Å². The van der Waals surface area contributed by atoms with Crippen molar-refractivity contribution >= 4 is 23.6 Å². The maximum absolute atomic E-state index is 11.9. The molecule has 7 nitrogen and oxygen atoms in total. The summed E-state index contributed by atoms with van der Waals surface area (Å²) in [6.07, 6.45) is 4.41. The number of nitrogens with one attached hydrogen (secondary N) is 1. The molecule has 1 amide bonds. The van der Waals surface area contributed by atoms with Crippen molar-refractivity contribution in [2.24, 2.45) is 22.7 Å². The quantitative estimate of drug-likeness (QED) is 0.319. The van der Waals surface area contributed by atoms with Gasteiger partial charge in [0, 0.05) is 24.3 Å². The van der Waals surface area contributed by atoms with E-state index in [0.717, 1.165) is 5.57 Å². The van der Waals surface area contributed by atoms with Gasteiger partial charge in [-0.25, -0.2) is 4.79 Å². The van der Waals surface area contributed by atoms with Gasteiger partial charge in [-0.15, -0.1) is 0 Å². The number of amides is 1. The van der Waals surface area contributed by atoms with Crippen LogP contribution in [-0.2, 0) is 9.59 Å². The Kier molecular flexibility index (Phi) is 8.88. The highest BCUT2D eigenvalue weighted by Gasteiger charge is 2.63. The number of carboxylic acids is 1. The number of fused-ring (bicyclic) bond motifs is 1. The Morgan fingerprint density at radius 3 is 2.39 bits per heavy atom. The second-order valence-electron chi connectivity index (χ2n) is 10.9. The normalized spacial score (nSPS) is 37.0. The van der Waals surface area contributed by atoms with E-state index < -0.39 is 41.1 Å². The molecule has 2 aliphatic carbocycles. The van der Waals surface area contributed by atoms with Crippen LogP contribution in [0, 0.1) is 22.7 Å². The van der Waals surface area contributed by atoms with E-state index in [0.29, 0.717) is 25.7 Å². The first-order valence-electron chi connectivity index (χ1n) is 11.6. The number of aliphatic carboxylic acids is 1. The Morgan fingerprint density at radius 2 is 1.85 bits per heavy atom. The Morgan fingerprint density at radius 1 is 1.21 bits per heavy atom. The van der Waals surface area contributed by atoms with Crippen molar-refractivity contribution in [3.05, 3.63) is 24.3 Å². The highest BCUT2D eigenvalue weighted by molar-refractivity contribution is 7.99. The largest absolute Gasteiger partial charge is 0.480 e. The first kappa shape index (κ1) is 27.9. The van der Waals surface area contributed by atoms with Crippen LogP contribution in [0.4, 0.5) is 0 Å². The Bertz CT molecular complexity index is 783. The molecule has 7 unspecified atom stereocenters. The van der Waals surface area contributed by atoms with E-state index in [4.69, 9.17) is 0 Å². The van der Waals surface area contributed by atoms with Crippen LogP contribution in [0.2, 0.25) is 0 Å². The first-order chi connectivity index (χ1) is 15.2. The molecule has 188 valence electrons. The molecular weight excluding hydrogens is 442 g/mol. The Balaban J connectivity index is 2.38. The minimum atomic E-state index is -1.47. The minimum absolute atomic E-state index is 0.0758. The van der Waals surface area contributed by atoms with Crippen LogP contribution < -0.4 is 5.32 Å². The van der Waals surface area contributed by atoms with Crippen LogP contribution in [0.3, 0.4) is 0 Å². The number of hydrogen-bond acceptors (Lipinski definition) is 6. The van der Waals surface area contributed by atoms with Crippen LogP contribution in [0.5, 0.6) is 0 Å². The van der Waals surface area contributed by atoms with Crippen LogP contribution in [0.25, 0.3) is 0 Å². The molecule has 0 aromatic heterocycles. The number of allylic oxidation sites excluding steroid dienone is 3. The number of carbonyl (C=O) groups excluding carboxylic acids is 1. The summed E-state index contributed by atoms with van der Waals surface area (Å²) in [6.45, 7) is 13.4. The van der Waals surface area contributed by atoms with Crippen LogP contribution in [-0.4, -0.2) is 67.7 Å². The smallest absolute Gasteiger partial charge is 0.327 e. The van der Waals surface area contributed by atoms with E-state index >= 15 is 0 Å². The third-order valence-corrected chi connectivity index (χ3v) is 9.14. The molecule has 2 saturated carbocycles. The molecule has 2 fully saturated rings. The van der Waals surface area contributed by atoms with Crippen LogP contribution in [0.1, 0.15) is 60.3 Å². The maximum Gasteiger partial charge on any atom is 0.327 e. The van der Waals surface area contributed by atoms with E-state index in [1.165, 1.54) is 18.7 Å². The van der Waals surface area contributed by atoms with Crippen molar-refractivity contribution in [2.75, 3.05) is 11.5 Å². The molecule has 2 rings (SSSR count). The Hall–Kier alpha value is -1.35. The molecule has 0 radical (unpaired) electrons. The summed E-state index contributed by atoms with van der Waals surface area (Å²) in [4.78, 5) is 22.8. The summed E-state index contributed by atoms with van der Waals surface area (Å²) >= 11 is 1.21. The average molecular weight is 484 g/mol. The molecule has 33 heavy (non-hydrogen) atoms. The van der Waals surface area contributed by atoms with Gasteiger partial charge < -0.3 is 25.7 Å². The number of hydrogen-bond donors (Lipinski definition) is 5. The molecule has 8 heteroatoms. The van der Waals surface area contributed by atoms with Crippen molar-refractivity contribution in [1.82, 2.24) is 5.32 Å². The molecular formula is C25H41NO6S. The molecule has 0 bridgehead atoms. The van der Waals surface area contributed by atoms with Gasteiger partial charge in [-0.1, -0.05) is 45.1 Å². The number of thioether (sulfide) groups is 1. The summed E-state index contributed by atoms with van der Waals surface area (Å²) in [5.41, 5.74) is -1.12. The molecule has 0 aromatic carbocycles. The molecule has 5 N–H and O–H groups in total. The summed E-state index contributed by atoms with van der Waals surface area (Å²) in [7, 11) is 0. The lowest BCUT2D eigenvalue weighted by Crippen LogP contribution is -2.67. The fourth-order valence-corrected chi connectivity index (χ4v) is 7.69. The fourth-order valence-electron chi connectivity index (χ4n) is 6.39. The van der Waals surface area contributed by atoms with E-state index in [-0.39, 0.29) is 28.8 Å². The molecule has 7 atom stereocenters. The summed E-state index contributed by atoms with van der Waals surface area (Å²) < 4.78 is 0. The van der Waals surface area contributed by atoms with Crippen molar-refractivity contribution in [3.8, 4) is 0 Å². The summed E-state index contributed by atoms with van der Waals surface area (Å²) in [6, 6.07) is -1.07. The SMILES string of the molecule is C=CC(C)=CCC1C2(C)CC(O)CC(C)(C)C2CC(O)C1(O)CSCC(NC(C)=O)C(=O)O. The van der Waals surface area contributed by atoms with Crippen molar-refractivity contribution in [3.63, 3.8) is 0 Å². The predicted octanol–water partition coefficient (Wildman–Crippen LogP) is 2.75.